The second-order valence-corrected chi connectivity index (χ2v) is 6.53. The molecule has 2 rings (SSSR count). The summed E-state index contributed by atoms with van der Waals surface area (Å²) in [6.07, 6.45) is 4.89. The summed E-state index contributed by atoms with van der Waals surface area (Å²) in [6.45, 7) is 7.28. The van der Waals surface area contributed by atoms with Gasteiger partial charge in [-0.1, -0.05) is 18.9 Å². The van der Waals surface area contributed by atoms with E-state index < -0.39 is 6.10 Å². The van der Waals surface area contributed by atoms with Crippen molar-refractivity contribution in [3.63, 3.8) is 0 Å². The van der Waals surface area contributed by atoms with Crippen LogP contribution in [-0.4, -0.2) is 30.4 Å². The first-order valence-electron chi connectivity index (χ1n) is 8.17. The third-order valence-electron chi connectivity index (χ3n) is 4.42. The van der Waals surface area contributed by atoms with Gasteiger partial charge in [0.05, 0.1) is 0 Å². The van der Waals surface area contributed by atoms with Crippen molar-refractivity contribution in [1.29, 1.82) is 0 Å². The fraction of sp³-hybridized carbons (Fsp3) is 0.667. The Morgan fingerprint density at radius 2 is 1.81 bits per heavy atom. The van der Waals surface area contributed by atoms with E-state index in [-0.39, 0.29) is 0 Å². The highest BCUT2D eigenvalue weighted by Crippen LogP contribution is 2.27. The first kappa shape index (κ1) is 16.3. The highest BCUT2D eigenvalue weighted by Gasteiger charge is 2.21. The lowest BCUT2D eigenvalue weighted by Gasteiger charge is -2.22. The molecule has 0 aromatic heterocycles. The average Bonchev–Trinajstić information content (AvgIpc) is 2.95. The topological polar surface area (TPSA) is 41.5 Å². The van der Waals surface area contributed by atoms with Gasteiger partial charge >= 0.3 is 0 Å². The monoisotopic (exact) mass is 291 g/mol. The van der Waals surface area contributed by atoms with E-state index >= 15 is 0 Å². The Labute approximate surface area is 128 Å². The van der Waals surface area contributed by atoms with E-state index in [2.05, 4.69) is 32.2 Å². The Morgan fingerprint density at radius 3 is 2.43 bits per heavy atom. The molecule has 2 atom stereocenters. The lowest BCUT2D eigenvalue weighted by molar-refractivity contribution is 0.102. The Bertz CT molecular complexity index is 421. The summed E-state index contributed by atoms with van der Waals surface area (Å²) in [7, 11) is 0. The van der Waals surface area contributed by atoms with Gasteiger partial charge in [0.25, 0.3) is 0 Å². The molecule has 1 fully saturated rings. The number of hydrogen-bond donors (Lipinski definition) is 2. The number of ether oxygens (including phenoxy) is 1. The van der Waals surface area contributed by atoms with Crippen LogP contribution in [0.1, 0.15) is 43.7 Å². The van der Waals surface area contributed by atoms with Crippen molar-refractivity contribution in [2.75, 3.05) is 13.2 Å². The first-order valence-corrected chi connectivity index (χ1v) is 8.17. The molecule has 1 aliphatic rings. The van der Waals surface area contributed by atoms with Crippen LogP contribution in [0.2, 0.25) is 0 Å². The van der Waals surface area contributed by atoms with Crippen LogP contribution in [0.25, 0.3) is 0 Å². The van der Waals surface area contributed by atoms with Crippen LogP contribution in [0.4, 0.5) is 0 Å². The second kappa shape index (κ2) is 7.81. The van der Waals surface area contributed by atoms with Gasteiger partial charge in [-0.25, -0.2) is 0 Å². The fourth-order valence-electron chi connectivity index (χ4n) is 3.21. The van der Waals surface area contributed by atoms with E-state index in [1.54, 1.807) is 0 Å². The Kier molecular flexibility index (Phi) is 6.07. The summed E-state index contributed by atoms with van der Waals surface area (Å²) in [6, 6.07) is 6.62. The van der Waals surface area contributed by atoms with Gasteiger partial charge in [0.2, 0.25) is 0 Å². The van der Waals surface area contributed by atoms with Crippen molar-refractivity contribution in [2.45, 2.75) is 58.6 Å². The van der Waals surface area contributed by atoms with Crippen molar-refractivity contribution < 1.29 is 9.84 Å². The van der Waals surface area contributed by atoms with Crippen molar-refractivity contribution >= 4 is 0 Å². The van der Waals surface area contributed by atoms with Crippen molar-refractivity contribution in [2.24, 2.45) is 5.92 Å². The molecule has 118 valence electrons. The summed E-state index contributed by atoms with van der Waals surface area (Å²) in [4.78, 5) is 0. The molecule has 0 heterocycles. The molecule has 2 N–H and O–H groups in total. The SMILES string of the molecule is Cc1cc(C)cc(OCC(O)CN[C@H](C)C2CCCC2)c1. The Hall–Kier alpha value is -1.06. The van der Waals surface area contributed by atoms with Crippen LogP contribution < -0.4 is 10.1 Å². The van der Waals surface area contributed by atoms with Crippen LogP contribution in [0.3, 0.4) is 0 Å². The molecule has 0 aliphatic heterocycles. The van der Waals surface area contributed by atoms with Gasteiger partial charge in [-0.15, -0.1) is 0 Å². The van der Waals surface area contributed by atoms with Crippen molar-refractivity contribution in [1.82, 2.24) is 5.32 Å². The third-order valence-corrected chi connectivity index (χ3v) is 4.42. The number of benzene rings is 1. The second-order valence-electron chi connectivity index (χ2n) is 6.53. The summed E-state index contributed by atoms with van der Waals surface area (Å²) in [5, 5.41) is 13.5. The molecule has 1 saturated carbocycles. The van der Waals surface area contributed by atoms with Crippen molar-refractivity contribution in [3.05, 3.63) is 29.3 Å². The van der Waals surface area contributed by atoms with Gasteiger partial charge in [0.15, 0.2) is 0 Å². The number of rotatable bonds is 7. The molecule has 1 aromatic carbocycles. The van der Waals surface area contributed by atoms with E-state index in [9.17, 15) is 5.11 Å². The minimum atomic E-state index is -0.463. The van der Waals surface area contributed by atoms with E-state index in [0.29, 0.717) is 19.2 Å². The minimum absolute atomic E-state index is 0.341. The molecule has 0 radical (unpaired) electrons. The third kappa shape index (κ3) is 5.33. The molecule has 3 nitrogen and oxygen atoms in total. The maximum Gasteiger partial charge on any atom is 0.119 e. The molecule has 3 heteroatoms. The molecule has 0 bridgehead atoms. The van der Waals surface area contributed by atoms with Crippen LogP contribution in [0.5, 0.6) is 5.75 Å². The molecule has 0 spiro atoms. The van der Waals surface area contributed by atoms with Gasteiger partial charge in [-0.05, 0) is 62.8 Å². The maximum atomic E-state index is 10.1. The average molecular weight is 291 g/mol. The molecule has 0 amide bonds. The molecule has 1 aliphatic carbocycles. The van der Waals surface area contributed by atoms with E-state index in [0.717, 1.165) is 11.7 Å². The van der Waals surface area contributed by atoms with E-state index in [1.165, 1.54) is 36.8 Å². The summed E-state index contributed by atoms with van der Waals surface area (Å²) in [5.74, 6) is 1.62. The number of hydrogen-bond acceptors (Lipinski definition) is 3. The standard InChI is InChI=1S/C18H29NO2/c1-13-8-14(2)10-18(9-13)21-12-17(20)11-19-15(3)16-6-4-5-7-16/h8-10,15-17,19-20H,4-7,11-12H2,1-3H3/t15-,17?/m1/s1. The zero-order chi connectivity index (χ0) is 15.2. The summed E-state index contributed by atoms with van der Waals surface area (Å²) < 4.78 is 5.70. The highest BCUT2D eigenvalue weighted by molar-refractivity contribution is 5.32. The molecular formula is C18H29NO2. The Morgan fingerprint density at radius 1 is 1.19 bits per heavy atom. The fourth-order valence-corrected chi connectivity index (χ4v) is 3.21. The van der Waals surface area contributed by atoms with Crippen LogP contribution in [-0.2, 0) is 0 Å². The van der Waals surface area contributed by atoms with Crippen LogP contribution in [0, 0.1) is 19.8 Å². The van der Waals surface area contributed by atoms with Crippen molar-refractivity contribution in [3.8, 4) is 5.75 Å². The Balaban J connectivity index is 1.70. The zero-order valence-corrected chi connectivity index (χ0v) is 13.6. The van der Waals surface area contributed by atoms with Gasteiger partial charge in [0.1, 0.15) is 18.5 Å². The highest BCUT2D eigenvalue weighted by atomic mass is 16.5. The molecule has 1 unspecified atom stereocenters. The van der Waals surface area contributed by atoms with Gasteiger partial charge in [-0.2, -0.15) is 0 Å². The smallest absolute Gasteiger partial charge is 0.119 e. The number of aliphatic hydroxyl groups excluding tert-OH is 1. The minimum Gasteiger partial charge on any atom is -0.491 e. The lowest BCUT2D eigenvalue weighted by Crippen LogP contribution is -2.39. The number of aryl methyl sites for hydroxylation is 2. The summed E-state index contributed by atoms with van der Waals surface area (Å²) >= 11 is 0. The van der Waals surface area contributed by atoms with Gasteiger partial charge in [0, 0.05) is 12.6 Å². The van der Waals surface area contributed by atoms with Gasteiger partial charge < -0.3 is 15.2 Å². The normalized spacial score (nSPS) is 18.7. The zero-order valence-electron chi connectivity index (χ0n) is 13.6. The van der Waals surface area contributed by atoms with Crippen LogP contribution >= 0.6 is 0 Å². The largest absolute Gasteiger partial charge is 0.491 e. The predicted molar refractivity (Wildman–Crippen MR) is 86.8 cm³/mol. The predicted octanol–water partition coefficient (Wildman–Crippen LogP) is 3.21. The molecule has 1 aromatic rings. The van der Waals surface area contributed by atoms with Gasteiger partial charge in [-0.3, -0.25) is 0 Å². The number of nitrogens with one attached hydrogen (secondary N) is 1. The number of aliphatic hydroxyl groups is 1. The lowest BCUT2D eigenvalue weighted by atomic mass is 10.00. The molecule has 21 heavy (non-hydrogen) atoms. The molecular weight excluding hydrogens is 262 g/mol. The maximum absolute atomic E-state index is 10.1. The van der Waals surface area contributed by atoms with E-state index in [4.69, 9.17) is 4.74 Å². The quantitative estimate of drug-likeness (QED) is 0.810. The first-order chi connectivity index (χ1) is 10.0. The summed E-state index contributed by atoms with van der Waals surface area (Å²) in [5.41, 5.74) is 2.37. The van der Waals surface area contributed by atoms with Crippen LogP contribution in [0.15, 0.2) is 18.2 Å². The van der Waals surface area contributed by atoms with E-state index in [1.807, 2.05) is 12.1 Å². The molecule has 0 saturated heterocycles.